The Morgan fingerprint density at radius 1 is 1.48 bits per heavy atom. The number of thioether (sulfide) groups is 1. The molecule has 1 aromatic carbocycles. The summed E-state index contributed by atoms with van der Waals surface area (Å²) >= 11 is 5.89. The van der Waals surface area contributed by atoms with Crippen LogP contribution in [-0.4, -0.2) is 28.3 Å². The van der Waals surface area contributed by atoms with Crippen LogP contribution < -0.4 is 10.5 Å². The number of nitrogens with two attached hydrogens (primary N) is 1. The van der Waals surface area contributed by atoms with E-state index in [-0.39, 0.29) is 17.4 Å². The highest BCUT2D eigenvalue weighted by molar-refractivity contribution is 9.10. The molecule has 1 aliphatic heterocycles. The van der Waals surface area contributed by atoms with Gasteiger partial charge in [0.2, 0.25) is 0 Å². The summed E-state index contributed by atoms with van der Waals surface area (Å²) in [5.41, 5.74) is 5.84. The van der Waals surface area contributed by atoms with E-state index in [1.165, 1.54) is 11.3 Å². The number of Topliss-reactive ketones (excluding diaryl/α,β-unsaturated/α-hetero) is 1. The van der Waals surface area contributed by atoms with Crippen LogP contribution >= 0.6 is 39.0 Å². The molecular formula is C16H12BrN3O3S2. The number of primary amides is 1. The lowest BCUT2D eigenvalue weighted by molar-refractivity contribution is -0.120. The first kappa shape index (κ1) is 17.8. The molecule has 1 atom stereocenters. The summed E-state index contributed by atoms with van der Waals surface area (Å²) in [4.78, 5) is 28.0. The smallest absolute Gasteiger partial charge is 0.255 e. The number of aromatic nitrogens is 1. The third-order valence-electron chi connectivity index (χ3n) is 3.31. The number of amides is 1. The molecule has 1 amide bonds. The number of allylic oxidation sites excluding steroid dienone is 1. The van der Waals surface area contributed by atoms with E-state index >= 15 is 0 Å². The zero-order chi connectivity index (χ0) is 18.0. The van der Waals surface area contributed by atoms with Gasteiger partial charge in [0.25, 0.3) is 5.91 Å². The average Bonchev–Trinajstić information content (AvgIpc) is 3.15. The monoisotopic (exact) mass is 437 g/mol. The molecule has 1 saturated heterocycles. The van der Waals surface area contributed by atoms with Crippen molar-refractivity contribution in [3.05, 3.63) is 49.7 Å². The summed E-state index contributed by atoms with van der Waals surface area (Å²) < 4.78 is 5.92. The molecule has 6 nitrogen and oxygen atoms in total. The first-order valence-corrected chi connectivity index (χ1v) is 9.57. The number of hydrogen-bond donors (Lipinski definition) is 2. The second-order valence-corrected chi connectivity index (χ2v) is 7.95. The third kappa shape index (κ3) is 4.00. The molecule has 0 saturated carbocycles. The SMILES string of the molecule is N=C1S/C(=C\c2ccc(OCC(N)=O)c(Br)c2)C(=O)[C@@H]1c1nccs1. The molecule has 1 fully saturated rings. The first-order valence-electron chi connectivity index (χ1n) is 7.08. The van der Waals surface area contributed by atoms with Gasteiger partial charge in [-0.15, -0.1) is 11.3 Å². The topological polar surface area (TPSA) is 106 Å². The number of rotatable bonds is 5. The number of halogens is 1. The molecule has 2 aromatic rings. The van der Waals surface area contributed by atoms with Crippen molar-refractivity contribution in [1.29, 1.82) is 5.41 Å². The molecule has 25 heavy (non-hydrogen) atoms. The lowest BCUT2D eigenvalue weighted by Crippen LogP contribution is -2.20. The van der Waals surface area contributed by atoms with Crippen LogP contribution in [0.4, 0.5) is 0 Å². The molecule has 1 aromatic heterocycles. The Bertz CT molecular complexity index is 881. The van der Waals surface area contributed by atoms with Crippen molar-refractivity contribution in [3.63, 3.8) is 0 Å². The van der Waals surface area contributed by atoms with E-state index in [0.29, 0.717) is 20.1 Å². The zero-order valence-electron chi connectivity index (χ0n) is 12.7. The average molecular weight is 438 g/mol. The molecule has 2 heterocycles. The molecule has 0 unspecified atom stereocenters. The van der Waals surface area contributed by atoms with E-state index in [2.05, 4.69) is 20.9 Å². The Morgan fingerprint density at radius 2 is 2.28 bits per heavy atom. The lowest BCUT2D eigenvalue weighted by Gasteiger charge is -2.07. The zero-order valence-corrected chi connectivity index (χ0v) is 15.9. The number of carbonyl (C=O) groups is 2. The quantitative estimate of drug-likeness (QED) is 0.698. The predicted molar refractivity (Wildman–Crippen MR) is 102 cm³/mol. The summed E-state index contributed by atoms with van der Waals surface area (Å²) in [6, 6.07) is 5.23. The maximum absolute atomic E-state index is 12.6. The van der Waals surface area contributed by atoms with Gasteiger partial charge in [0.05, 0.1) is 14.4 Å². The fraction of sp³-hybridized carbons (Fsp3) is 0.125. The normalized spacial score (nSPS) is 18.8. The first-order chi connectivity index (χ1) is 12.0. The van der Waals surface area contributed by atoms with E-state index in [9.17, 15) is 9.59 Å². The highest BCUT2D eigenvalue weighted by atomic mass is 79.9. The molecule has 3 N–H and O–H groups in total. The van der Waals surface area contributed by atoms with E-state index < -0.39 is 11.8 Å². The lowest BCUT2D eigenvalue weighted by atomic mass is 10.1. The van der Waals surface area contributed by atoms with Crippen LogP contribution in [0, 0.1) is 5.41 Å². The minimum atomic E-state index is -0.599. The standard InChI is InChI=1S/C16H12BrN3O3S2/c17-9-5-8(1-2-10(9)23-7-12(18)21)6-11-14(22)13(15(19)25-11)16-20-3-4-24-16/h1-6,13,19H,7H2,(H2,18,21)/b11-6-,19-15?/t13-/m0/s1. The van der Waals surface area contributed by atoms with E-state index in [0.717, 1.165) is 17.3 Å². The fourth-order valence-electron chi connectivity index (χ4n) is 2.22. The predicted octanol–water partition coefficient (Wildman–Crippen LogP) is 3.19. The summed E-state index contributed by atoms with van der Waals surface area (Å²) in [6.07, 6.45) is 3.37. The minimum Gasteiger partial charge on any atom is -0.483 e. The fourth-order valence-corrected chi connectivity index (χ4v) is 4.53. The Kier molecular flexibility index (Phi) is 5.36. The van der Waals surface area contributed by atoms with Crippen molar-refractivity contribution in [2.75, 3.05) is 6.61 Å². The number of ether oxygens (including phenoxy) is 1. The third-order valence-corrected chi connectivity index (χ3v) is 5.76. The van der Waals surface area contributed by atoms with Crippen molar-refractivity contribution in [1.82, 2.24) is 4.98 Å². The summed E-state index contributed by atoms with van der Waals surface area (Å²) in [7, 11) is 0. The Hall–Kier alpha value is -1.97. The van der Waals surface area contributed by atoms with Gasteiger partial charge in [-0.1, -0.05) is 17.8 Å². The van der Waals surface area contributed by atoms with Crippen molar-refractivity contribution in [2.24, 2.45) is 5.73 Å². The van der Waals surface area contributed by atoms with Gasteiger partial charge in [0.15, 0.2) is 12.4 Å². The van der Waals surface area contributed by atoms with Crippen LogP contribution in [-0.2, 0) is 9.59 Å². The molecule has 0 bridgehead atoms. The van der Waals surface area contributed by atoms with Crippen molar-refractivity contribution >= 4 is 61.8 Å². The number of nitrogens with one attached hydrogen (secondary N) is 1. The number of thiazole rings is 1. The maximum atomic E-state index is 12.6. The minimum absolute atomic E-state index is 0.116. The molecule has 0 radical (unpaired) electrons. The number of hydrogen-bond acceptors (Lipinski definition) is 7. The van der Waals surface area contributed by atoms with Crippen LogP contribution in [0.3, 0.4) is 0 Å². The molecule has 1 aliphatic rings. The Balaban J connectivity index is 1.81. The number of carbonyl (C=O) groups excluding carboxylic acids is 2. The molecule has 0 spiro atoms. The van der Waals surface area contributed by atoms with Gasteiger partial charge in [-0.25, -0.2) is 4.98 Å². The largest absolute Gasteiger partial charge is 0.483 e. The number of nitrogens with zero attached hydrogens (tertiary/aromatic N) is 1. The van der Waals surface area contributed by atoms with Gasteiger partial charge in [-0.05, 0) is 39.7 Å². The highest BCUT2D eigenvalue weighted by Crippen LogP contribution is 2.41. The van der Waals surface area contributed by atoms with Crippen LogP contribution in [0.25, 0.3) is 6.08 Å². The van der Waals surface area contributed by atoms with Gasteiger partial charge in [0.1, 0.15) is 16.7 Å². The maximum Gasteiger partial charge on any atom is 0.255 e. The number of ketones is 1. The molecule has 3 rings (SSSR count). The highest BCUT2D eigenvalue weighted by Gasteiger charge is 2.38. The van der Waals surface area contributed by atoms with Gasteiger partial charge in [-0.2, -0.15) is 0 Å². The molecular weight excluding hydrogens is 426 g/mol. The molecule has 0 aliphatic carbocycles. The van der Waals surface area contributed by atoms with Crippen molar-refractivity contribution < 1.29 is 14.3 Å². The second-order valence-electron chi connectivity index (χ2n) is 5.09. The van der Waals surface area contributed by atoms with E-state index in [4.69, 9.17) is 15.9 Å². The van der Waals surface area contributed by atoms with Crippen LogP contribution in [0.15, 0.2) is 39.2 Å². The second kappa shape index (κ2) is 7.51. The van der Waals surface area contributed by atoms with E-state index in [1.54, 1.807) is 35.9 Å². The van der Waals surface area contributed by atoms with Crippen LogP contribution in [0.2, 0.25) is 0 Å². The number of benzene rings is 1. The van der Waals surface area contributed by atoms with Gasteiger partial charge >= 0.3 is 0 Å². The van der Waals surface area contributed by atoms with E-state index in [1.807, 2.05) is 0 Å². The van der Waals surface area contributed by atoms with Gasteiger partial charge in [-0.3, -0.25) is 15.0 Å². The summed E-state index contributed by atoms with van der Waals surface area (Å²) in [5, 5.41) is 10.8. The Labute approximate surface area is 160 Å². The van der Waals surface area contributed by atoms with Crippen molar-refractivity contribution in [3.8, 4) is 5.75 Å². The van der Waals surface area contributed by atoms with Crippen LogP contribution in [0.1, 0.15) is 16.5 Å². The Morgan fingerprint density at radius 3 is 2.92 bits per heavy atom. The molecule has 9 heteroatoms. The van der Waals surface area contributed by atoms with Crippen LogP contribution in [0.5, 0.6) is 5.75 Å². The van der Waals surface area contributed by atoms with Gasteiger partial charge in [0, 0.05) is 11.6 Å². The summed E-state index contributed by atoms with van der Waals surface area (Å²) in [6.45, 7) is -0.208. The van der Waals surface area contributed by atoms with Gasteiger partial charge < -0.3 is 10.5 Å². The van der Waals surface area contributed by atoms with Crippen molar-refractivity contribution in [2.45, 2.75) is 5.92 Å². The summed E-state index contributed by atoms with van der Waals surface area (Å²) in [5.74, 6) is -0.787. The molecule has 128 valence electrons.